The summed E-state index contributed by atoms with van der Waals surface area (Å²) in [6.07, 6.45) is 1.31. The maximum absolute atomic E-state index is 13.1. The summed E-state index contributed by atoms with van der Waals surface area (Å²) in [5, 5.41) is 15.9. The van der Waals surface area contributed by atoms with Crippen molar-refractivity contribution in [2.45, 2.75) is 4.90 Å². The van der Waals surface area contributed by atoms with E-state index in [-0.39, 0.29) is 21.8 Å². The van der Waals surface area contributed by atoms with E-state index in [1.54, 1.807) is 36.4 Å². The Morgan fingerprint density at radius 2 is 1.46 bits per heavy atom. The number of carbonyl (C=O) groups is 1. The van der Waals surface area contributed by atoms with E-state index in [2.05, 4.69) is 5.32 Å². The molecule has 180 valence electrons. The summed E-state index contributed by atoms with van der Waals surface area (Å²) in [5.41, 5.74) is 0.635. The molecule has 0 atom stereocenters. The number of amides is 1. The number of nitrogens with zero attached hydrogens (tertiary/aromatic N) is 1. The van der Waals surface area contributed by atoms with Gasteiger partial charge in [-0.3, -0.25) is 4.79 Å². The van der Waals surface area contributed by atoms with Crippen LogP contribution in [0.5, 0.6) is 5.75 Å². The smallest absolute Gasteiger partial charge is 0.339 e. The SMILES string of the molecule is N#C/C(=C\c1ccccc1OS(=O)(=O)c1ccc2ccccc2c1)C(=O)Nc1cccc2ccccc12. The lowest BCUT2D eigenvalue weighted by Gasteiger charge is -2.11. The third-order valence-corrected chi connectivity index (χ3v) is 7.06. The summed E-state index contributed by atoms with van der Waals surface area (Å²) < 4.78 is 31.6. The molecule has 0 spiro atoms. The van der Waals surface area contributed by atoms with Crippen LogP contribution < -0.4 is 9.50 Å². The van der Waals surface area contributed by atoms with Gasteiger partial charge in [-0.1, -0.05) is 84.9 Å². The lowest BCUT2D eigenvalue weighted by atomic mass is 10.1. The molecule has 6 nitrogen and oxygen atoms in total. The molecule has 0 fully saturated rings. The number of fused-ring (bicyclic) bond motifs is 2. The number of carbonyl (C=O) groups excluding carboxylic acids is 1. The van der Waals surface area contributed by atoms with Crippen LogP contribution in [0.25, 0.3) is 27.6 Å². The molecule has 0 radical (unpaired) electrons. The van der Waals surface area contributed by atoms with Gasteiger partial charge in [0.05, 0.1) is 0 Å². The number of nitriles is 1. The topological polar surface area (TPSA) is 96.3 Å². The predicted octanol–water partition coefficient (Wildman–Crippen LogP) is 6.31. The number of para-hydroxylation sites is 1. The first kappa shape index (κ1) is 23.8. The Balaban J connectivity index is 1.44. The third kappa shape index (κ3) is 5.06. The average Bonchev–Trinajstić information content (AvgIpc) is 2.92. The van der Waals surface area contributed by atoms with E-state index in [1.165, 1.54) is 18.2 Å². The Morgan fingerprint density at radius 3 is 2.27 bits per heavy atom. The molecule has 0 heterocycles. The van der Waals surface area contributed by atoms with Crippen LogP contribution in [0.15, 0.2) is 120 Å². The first-order valence-electron chi connectivity index (χ1n) is 11.4. The monoisotopic (exact) mass is 504 g/mol. The minimum absolute atomic E-state index is 0.000752. The fourth-order valence-corrected chi connectivity index (χ4v) is 4.98. The van der Waals surface area contributed by atoms with E-state index in [1.807, 2.05) is 66.7 Å². The van der Waals surface area contributed by atoms with Gasteiger partial charge >= 0.3 is 10.1 Å². The van der Waals surface area contributed by atoms with Crippen molar-refractivity contribution in [3.05, 3.63) is 120 Å². The van der Waals surface area contributed by atoms with Crippen molar-refractivity contribution in [1.29, 1.82) is 5.26 Å². The highest BCUT2D eigenvalue weighted by molar-refractivity contribution is 7.87. The lowest BCUT2D eigenvalue weighted by molar-refractivity contribution is -0.112. The fraction of sp³-hybridized carbons (Fsp3) is 0. The molecule has 0 aromatic heterocycles. The normalized spacial score (nSPS) is 11.7. The Kier molecular flexibility index (Phi) is 6.42. The largest absolute Gasteiger partial charge is 0.378 e. The number of benzene rings is 5. The number of rotatable bonds is 6. The summed E-state index contributed by atoms with van der Waals surface area (Å²) >= 11 is 0. The van der Waals surface area contributed by atoms with E-state index >= 15 is 0 Å². The van der Waals surface area contributed by atoms with Gasteiger partial charge in [0.1, 0.15) is 22.3 Å². The standard InChI is InChI=1S/C30H20N2O4S/c31-20-25(30(33)32-28-14-7-12-22-9-3-5-13-27(22)28)18-24-11-4-6-15-29(24)36-37(34,35)26-17-16-21-8-1-2-10-23(21)19-26/h1-19H,(H,32,33)/b25-18+. The van der Waals surface area contributed by atoms with Crippen LogP contribution in [0.3, 0.4) is 0 Å². The fourth-order valence-electron chi connectivity index (χ4n) is 3.99. The molecule has 0 bridgehead atoms. The van der Waals surface area contributed by atoms with Gasteiger partial charge in [-0.15, -0.1) is 0 Å². The minimum Gasteiger partial charge on any atom is -0.378 e. The summed E-state index contributed by atoms with van der Waals surface area (Å²) in [5.74, 6) is -0.618. The van der Waals surface area contributed by atoms with Crippen molar-refractivity contribution in [2.24, 2.45) is 0 Å². The van der Waals surface area contributed by atoms with Gasteiger partial charge in [-0.2, -0.15) is 13.7 Å². The van der Waals surface area contributed by atoms with Crippen molar-refractivity contribution in [1.82, 2.24) is 0 Å². The maximum atomic E-state index is 13.1. The quantitative estimate of drug-likeness (QED) is 0.166. The zero-order valence-electron chi connectivity index (χ0n) is 19.5. The van der Waals surface area contributed by atoms with Crippen molar-refractivity contribution in [2.75, 3.05) is 5.32 Å². The second-order valence-corrected chi connectivity index (χ2v) is 9.78. The molecule has 0 saturated carbocycles. The molecule has 5 aromatic carbocycles. The molecule has 0 aliphatic carbocycles. The lowest BCUT2D eigenvalue weighted by Crippen LogP contribution is -2.14. The summed E-state index contributed by atoms with van der Waals surface area (Å²) in [7, 11) is -4.18. The van der Waals surface area contributed by atoms with Gasteiger partial charge in [0.2, 0.25) is 0 Å². The molecule has 0 aliphatic rings. The van der Waals surface area contributed by atoms with E-state index in [9.17, 15) is 18.5 Å². The van der Waals surface area contributed by atoms with Crippen LogP contribution >= 0.6 is 0 Å². The van der Waals surface area contributed by atoms with Crippen LogP contribution in [0.4, 0.5) is 5.69 Å². The van der Waals surface area contributed by atoms with Crippen molar-refractivity contribution in [3.8, 4) is 11.8 Å². The average molecular weight is 505 g/mol. The third-order valence-electron chi connectivity index (χ3n) is 5.83. The minimum atomic E-state index is -4.18. The summed E-state index contributed by atoms with van der Waals surface area (Å²) in [6, 6.07) is 33.4. The van der Waals surface area contributed by atoms with Crippen LogP contribution in [0, 0.1) is 11.3 Å². The highest BCUT2D eigenvalue weighted by Gasteiger charge is 2.19. The summed E-state index contributed by atoms with van der Waals surface area (Å²) in [4.78, 5) is 13.0. The van der Waals surface area contributed by atoms with Crippen LogP contribution in [0.2, 0.25) is 0 Å². The molecule has 0 unspecified atom stereocenters. The molecule has 5 rings (SSSR count). The predicted molar refractivity (Wildman–Crippen MR) is 144 cm³/mol. The van der Waals surface area contributed by atoms with Gasteiger partial charge < -0.3 is 9.50 Å². The van der Waals surface area contributed by atoms with Gasteiger partial charge in [-0.25, -0.2) is 0 Å². The molecule has 7 heteroatoms. The van der Waals surface area contributed by atoms with Crippen LogP contribution in [0.1, 0.15) is 5.56 Å². The maximum Gasteiger partial charge on any atom is 0.339 e. The second kappa shape index (κ2) is 9.97. The molecule has 37 heavy (non-hydrogen) atoms. The Labute approximate surface area is 214 Å². The molecule has 0 saturated heterocycles. The first-order chi connectivity index (χ1) is 17.9. The van der Waals surface area contributed by atoms with E-state index in [0.717, 1.165) is 21.5 Å². The van der Waals surface area contributed by atoms with Gasteiger partial charge in [0, 0.05) is 16.6 Å². The van der Waals surface area contributed by atoms with Crippen molar-refractivity contribution < 1.29 is 17.4 Å². The highest BCUT2D eigenvalue weighted by Crippen LogP contribution is 2.28. The Hall–Kier alpha value is -4.93. The number of hydrogen-bond acceptors (Lipinski definition) is 5. The van der Waals surface area contributed by atoms with Crippen LogP contribution in [-0.2, 0) is 14.9 Å². The molecular formula is C30H20N2O4S. The molecular weight excluding hydrogens is 484 g/mol. The van der Waals surface area contributed by atoms with Crippen molar-refractivity contribution in [3.63, 3.8) is 0 Å². The van der Waals surface area contributed by atoms with Crippen LogP contribution in [-0.4, -0.2) is 14.3 Å². The molecule has 0 aliphatic heterocycles. The number of anilines is 1. The van der Waals surface area contributed by atoms with Crippen molar-refractivity contribution >= 4 is 49.3 Å². The zero-order valence-corrected chi connectivity index (χ0v) is 20.3. The Bertz CT molecular complexity index is 1830. The van der Waals surface area contributed by atoms with E-state index in [4.69, 9.17) is 4.18 Å². The van der Waals surface area contributed by atoms with E-state index in [0.29, 0.717) is 5.69 Å². The van der Waals surface area contributed by atoms with Gasteiger partial charge in [-0.05, 0) is 46.5 Å². The molecule has 5 aromatic rings. The molecule has 1 N–H and O–H groups in total. The number of hydrogen-bond donors (Lipinski definition) is 1. The first-order valence-corrected chi connectivity index (χ1v) is 12.8. The number of nitrogens with one attached hydrogen (secondary N) is 1. The van der Waals surface area contributed by atoms with Gasteiger partial charge in [0.15, 0.2) is 0 Å². The molecule has 1 amide bonds. The highest BCUT2D eigenvalue weighted by atomic mass is 32.2. The second-order valence-electron chi connectivity index (χ2n) is 8.23. The van der Waals surface area contributed by atoms with E-state index < -0.39 is 16.0 Å². The Morgan fingerprint density at radius 1 is 0.784 bits per heavy atom. The van der Waals surface area contributed by atoms with Gasteiger partial charge in [0.25, 0.3) is 5.91 Å². The zero-order chi connectivity index (χ0) is 25.8. The summed E-state index contributed by atoms with van der Waals surface area (Å²) in [6.45, 7) is 0.